The van der Waals surface area contributed by atoms with Gasteiger partial charge in [-0.2, -0.15) is 5.10 Å². The van der Waals surface area contributed by atoms with Gasteiger partial charge in [0.2, 0.25) is 0 Å². The first kappa shape index (κ1) is 18.4. The Morgan fingerprint density at radius 3 is 2.88 bits per heavy atom. The van der Waals surface area contributed by atoms with Gasteiger partial charge in [-0.25, -0.2) is 9.48 Å². The van der Waals surface area contributed by atoms with E-state index in [0.29, 0.717) is 23.5 Å². The van der Waals surface area contributed by atoms with Crippen LogP contribution < -0.4 is 4.74 Å². The number of hydrogen-bond acceptors (Lipinski definition) is 6. The van der Waals surface area contributed by atoms with Gasteiger partial charge in [0.15, 0.2) is 5.69 Å². The van der Waals surface area contributed by atoms with E-state index in [4.69, 9.17) is 14.2 Å². The van der Waals surface area contributed by atoms with Crippen LogP contribution in [-0.2, 0) is 9.47 Å². The van der Waals surface area contributed by atoms with Crippen molar-refractivity contribution in [2.75, 3.05) is 20.3 Å². The second kappa shape index (κ2) is 8.33. The number of aliphatic hydroxyl groups is 1. The number of esters is 1. The molecular weight excluding hydrogens is 336 g/mol. The molecule has 1 fully saturated rings. The molecule has 0 aliphatic carbocycles. The van der Waals surface area contributed by atoms with Crippen molar-refractivity contribution >= 4 is 5.97 Å². The minimum atomic E-state index is -1.07. The zero-order valence-electron chi connectivity index (χ0n) is 15.1. The molecule has 7 nitrogen and oxygen atoms in total. The number of ether oxygens (including phenoxy) is 3. The van der Waals surface area contributed by atoms with Crippen molar-refractivity contribution in [1.29, 1.82) is 0 Å². The van der Waals surface area contributed by atoms with E-state index in [1.54, 1.807) is 36.0 Å². The molecule has 0 spiro atoms. The molecule has 1 aromatic carbocycles. The summed E-state index contributed by atoms with van der Waals surface area (Å²) < 4.78 is 17.8. The Morgan fingerprint density at radius 2 is 2.19 bits per heavy atom. The van der Waals surface area contributed by atoms with Gasteiger partial charge in [0.1, 0.15) is 18.1 Å². The van der Waals surface area contributed by atoms with Crippen molar-refractivity contribution in [2.45, 2.75) is 38.5 Å². The van der Waals surface area contributed by atoms with Gasteiger partial charge >= 0.3 is 5.97 Å². The van der Waals surface area contributed by atoms with E-state index in [0.717, 1.165) is 19.3 Å². The Bertz CT molecular complexity index is 752. The molecule has 140 valence electrons. The summed E-state index contributed by atoms with van der Waals surface area (Å²) in [6.45, 7) is 2.62. The Labute approximate surface area is 152 Å². The fourth-order valence-electron chi connectivity index (χ4n) is 3.10. The van der Waals surface area contributed by atoms with Gasteiger partial charge in [0.05, 0.1) is 13.7 Å². The maximum absolute atomic E-state index is 12.4. The zero-order chi connectivity index (χ0) is 18.5. The molecule has 2 heterocycles. The van der Waals surface area contributed by atoms with Crippen LogP contribution in [0.5, 0.6) is 5.75 Å². The van der Waals surface area contributed by atoms with Gasteiger partial charge in [0.25, 0.3) is 0 Å². The molecule has 0 radical (unpaired) electrons. The van der Waals surface area contributed by atoms with Gasteiger partial charge in [-0.3, -0.25) is 0 Å². The van der Waals surface area contributed by atoms with Crippen LogP contribution >= 0.6 is 0 Å². The monoisotopic (exact) mass is 360 g/mol. The fraction of sp³-hybridized carbons (Fsp3) is 0.474. The van der Waals surface area contributed by atoms with Crippen LogP contribution in [0.4, 0.5) is 0 Å². The molecule has 1 saturated heterocycles. The maximum Gasteiger partial charge on any atom is 0.359 e. The van der Waals surface area contributed by atoms with Gasteiger partial charge in [-0.15, -0.1) is 0 Å². The lowest BCUT2D eigenvalue weighted by Gasteiger charge is -2.22. The van der Waals surface area contributed by atoms with E-state index in [-0.39, 0.29) is 18.5 Å². The van der Waals surface area contributed by atoms with Gasteiger partial charge in [-0.1, -0.05) is 18.2 Å². The lowest BCUT2D eigenvalue weighted by atomic mass is 10.0. The highest BCUT2D eigenvalue weighted by atomic mass is 16.5. The third-order valence-corrected chi connectivity index (χ3v) is 4.41. The first-order chi connectivity index (χ1) is 12.7. The van der Waals surface area contributed by atoms with E-state index in [9.17, 15) is 9.90 Å². The van der Waals surface area contributed by atoms with Crippen LogP contribution in [0.1, 0.15) is 60.1 Å². The molecule has 1 aliphatic rings. The fourth-order valence-corrected chi connectivity index (χ4v) is 3.10. The number of carbonyl (C=O) groups is 1. The summed E-state index contributed by atoms with van der Waals surface area (Å²) in [6.07, 6.45) is 3.22. The topological polar surface area (TPSA) is 82.8 Å². The van der Waals surface area contributed by atoms with Crippen molar-refractivity contribution in [1.82, 2.24) is 9.78 Å². The second-order valence-electron chi connectivity index (χ2n) is 6.10. The van der Waals surface area contributed by atoms with Crippen molar-refractivity contribution in [3.05, 3.63) is 47.3 Å². The van der Waals surface area contributed by atoms with Gasteiger partial charge in [0, 0.05) is 23.9 Å². The number of rotatable bonds is 6. The minimum Gasteiger partial charge on any atom is -0.496 e. The van der Waals surface area contributed by atoms with Crippen LogP contribution in [0.3, 0.4) is 0 Å². The average Bonchev–Trinajstić information content (AvgIpc) is 3.14. The maximum atomic E-state index is 12.4. The highest BCUT2D eigenvalue weighted by Gasteiger charge is 2.28. The summed E-state index contributed by atoms with van der Waals surface area (Å²) >= 11 is 0. The van der Waals surface area contributed by atoms with Crippen molar-refractivity contribution in [3.63, 3.8) is 0 Å². The lowest BCUT2D eigenvalue weighted by molar-refractivity contribution is -0.0398. The normalized spacial score (nSPS) is 18.3. The number of aromatic nitrogens is 2. The Hall–Kier alpha value is -2.38. The highest BCUT2D eigenvalue weighted by molar-refractivity contribution is 5.89. The summed E-state index contributed by atoms with van der Waals surface area (Å²) in [5.74, 6) is -0.0255. The molecule has 1 aliphatic heterocycles. The van der Waals surface area contributed by atoms with Crippen molar-refractivity contribution in [2.24, 2.45) is 0 Å². The summed E-state index contributed by atoms with van der Waals surface area (Å²) in [5, 5.41) is 15.3. The Balaban J connectivity index is 2.00. The van der Waals surface area contributed by atoms with E-state index in [1.807, 2.05) is 6.07 Å². The predicted octanol–water partition coefficient (Wildman–Crippen LogP) is 2.85. The third kappa shape index (κ3) is 3.73. The molecule has 26 heavy (non-hydrogen) atoms. The number of nitrogens with zero attached hydrogens (tertiary/aromatic N) is 2. The third-order valence-electron chi connectivity index (χ3n) is 4.41. The molecular formula is C19H24N2O5. The Kier molecular flexibility index (Phi) is 5.90. The molecule has 2 unspecified atom stereocenters. The summed E-state index contributed by atoms with van der Waals surface area (Å²) in [5.41, 5.74) is 1.03. The van der Waals surface area contributed by atoms with Crippen molar-refractivity contribution in [3.8, 4) is 5.75 Å². The second-order valence-corrected chi connectivity index (χ2v) is 6.10. The molecule has 0 amide bonds. The number of benzene rings is 1. The summed E-state index contributed by atoms with van der Waals surface area (Å²) in [6, 6.07) is 7.14. The number of carbonyl (C=O) groups excluding carboxylic acids is 1. The number of methoxy groups -OCH3 is 1. The van der Waals surface area contributed by atoms with E-state index >= 15 is 0 Å². The lowest BCUT2D eigenvalue weighted by Crippen LogP contribution is -2.19. The predicted molar refractivity (Wildman–Crippen MR) is 94.1 cm³/mol. The molecule has 0 saturated carbocycles. The highest BCUT2D eigenvalue weighted by Crippen LogP contribution is 2.33. The van der Waals surface area contributed by atoms with E-state index < -0.39 is 12.1 Å². The quantitative estimate of drug-likeness (QED) is 0.798. The van der Waals surface area contributed by atoms with Crippen LogP contribution in [0, 0.1) is 0 Å². The molecule has 7 heteroatoms. The smallest absolute Gasteiger partial charge is 0.359 e. The van der Waals surface area contributed by atoms with Crippen LogP contribution in [0.15, 0.2) is 30.5 Å². The van der Waals surface area contributed by atoms with Gasteiger partial charge in [-0.05, 0) is 32.3 Å². The molecule has 3 rings (SSSR count). The first-order valence-electron chi connectivity index (χ1n) is 8.84. The summed E-state index contributed by atoms with van der Waals surface area (Å²) in [4.78, 5) is 12.4. The first-order valence-corrected chi connectivity index (χ1v) is 8.84. The van der Waals surface area contributed by atoms with Gasteiger partial charge < -0.3 is 19.3 Å². The SMILES string of the molecule is CCOC(=O)c1nn(C2CCCCO2)cc1C(O)c1ccccc1OC. The number of aliphatic hydroxyl groups excluding tert-OH is 1. The molecule has 1 aromatic heterocycles. The zero-order valence-corrected chi connectivity index (χ0v) is 15.1. The minimum absolute atomic E-state index is 0.0967. The average molecular weight is 360 g/mol. The van der Waals surface area contributed by atoms with Crippen LogP contribution in [0.25, 0.3) is 0 Å². The number of hydrogen-bond donors (Lipinski definition) is 1. The molecule has 2 atom stereocenters. The molecule has 1 N–H and O–H groups in total. The van der Waals surface area contributed by atoms with Crippen LogP contribution in [-0.4, -0.2) is 41.2 Å². The molecule has 0 bridgehead atoms. The van der Waals surface area contributed by atoms with Crippen molar-refractivity contribution < 1.29 is 24.1 Å². The standard InChI is InChI=1S/C19H24N2O5/c1-3-25-19(23)17-14(12-21(20-17)16-10-6-7-11-26-16)18(22)13-8-4-5-9-15(13)24-2/h4-5,8-9,12,16,18,22H,3,6-7,10-11H2,1-2H3. The Morgan fingerprint density at radius 1 is 1.38 bits per heavy atom. The number of para-hydroxylation sites is 1. The van der Waals surface area contributed by atoms with E-state index in [2.05, 4.69) is 5.10 Å². The van der Waals surface area contributed by atoms with Crippen LogP contribution in [0.2, 0.25) is 0 Å². The summed E-state index contributed by atoms with van der Waals surface area (Å²) in [7, 11) is 1.54. The molecule has 2 aromatic rings. The largest absolute Gasteiger partial charge is 0.496 e. The van der Waals surface area contributed by atoms with E-state index in [1.165, 1.54) is 7.11 Å².